The molecule has 0 spiro atoms. The summed E-state index contributed by atoms with van der Waals surface area (Å²) in [5.41, 5.74) is 6.30. The molecule has 0 bridgehead atoms. The van der Waals surface area contributed by atoms with E-state index in [1.54, 1.807) is 6.07 Å². The number of fused-ring (bicyclic) bond motifs is 2. The van der Waals surface area contributed by atoms with Crippen LogP contribution in [0.25, 0.3) is 0 Å². The Kier molecular flexibility index (Phi) is 7.16. The van der Waals surface area contributed by atoms with Crippen molar-refractivity contribution in [2.75, 3.05) is 37.6 Å². The Morgan fingerprint density at radius 2 is 1.98 bits per heavy atom. The SMILES string of the molecule is Cc1cc(F)ccc1Cc1cnc2c(c1)N(C(=O)CN1C[C@@H](C)NC[C@@H]1CN1Cc3ccccc3C1=O)CC2(C)C. The second-order valence-corrected chi connectivity index (χ2v) is 12.6. The molecule has 3 aromatic rings. The Balaban J connectivity index is 1.20. The maximum atomic E-state index is 14.0. The quantitative estimate of drug-likeness (QED) is 0.497. The van der Waals surface area contributed by atoms with E-state index in [9.17, 15) is 14.0 Å². The zero-order valence-corrected chi connectivity index (χ0v) is 24.3. The zero-order valence-electron chi connectivity index (χ0n) is 24.3. The molecule has 1 fully saturated rings. The average molecular weight is 556 g/mol. The molecule has 0 aliphatic carbocycles. The van der Waals surface area contributed by atoms with E-state index in [0.29, 0.717) is 26.1 Å². The van der Waals surface area contributed by atoms with E-state index in [-0.39, 0.29) is 41.7 Å². The van der Waals surface area contributed by atoms with Gasteiger partial charge >= 0.3 is 0 Å². The van der Waals surface area contributed by atoms with Crippen LogP contribution in [0.4, 0.5) is 10.1 Å². The molecule has 2 amide bonds. The van der Waals surface area contributed by atoms with Gasteiger partial charge in [0.25, 0.3) is 5.91 Å². The van der Waals surface area contributed by atoms with Crippen molar-refractivity contribution in [2.45, 2.75) is 58.2 Å². The number of nitrogens with one attached hydrogen (secondary N) is 1. The predicted octanol–water partition coefficient (Wildman–Crippen LogP) is 4.06. The van der Waals surface area contributed by atoms with Crippen LogP contribution in [-0.2, 0) is 23.2 Å². The number of amides is 2. The largest absolute Gasteiger partial charge is 0.333 e. The summed E-state index contributed by atoms with van der Waals surface area (Å²) in [4.78, 5) is 37.9. The van der Waals surface area contributed by atoms with Crippen molar-refractivity contribution in [3.8, 4) is 0 Å². The Bertz CT molecular complexity index is 1500. The number of aromatic nitrogens is 1. The zero-order chi connectivity index (χ0) is 28.9. The Morgan fingerprint density at radius 1 is 1.17 bits per heavy atom. The smallest absolute Gasteiger partial charge is 0.254 e. The molecule has 1 saturated heterocycles. The highest BCUT2D eigenvalue weighted by Crippen LogP contribution is 2.40. The number of rotatable bonds is 6. The van der Waals surface area contributed by atoms with E-state index in [0.717, 1.165) is 52.3 Å². The number of piperazine rings is 1. The number of carbonyl (C=O) groups excluding carboxylic acids is 2. The number of hydrogen-bond donors (Lipinski definition) is 1. The number of benzene rings is 2. The lowest BCUT2D eigenvalue weighted by atomic mass is 9.91. The van der Waals surface area contributed by atoms with E-state index < -0.39 is 0 Å². The molecule has 41 heavy (non-hydrogen) atoms. The summed E-state index contributed by atoms with van der Waals surface area (Å²) < 4.78 is 13.6. The van der Waals surface area contributed by atoms with Gasteiger partial charge in [0.1, 0.15) is 5.82 Å². The molecule has 7 nitrogen and oxygen atoms in total. The summed E-state index contributed by atoms with van der Waals surface area (Å²) >= 11 is 0. The van der Waals surface area contributed by atoms with Gasteiger partial charge in [0.05, 0.1) is 17.9 Å². The molecule has 1 N–H and O–H groups in total. The monoisotopic (exact) mass is 555 g/mol. The van der Waals surface area contributed by atoms with Crippen molar-refractivity contribution in [3.63, 3.8) is 0 Å². The van der Waals surface area contributed by atoms with Gasteiger partial charge in [0.15, 0.2) is 0 Å². The molecule has 0 saturated carbocycles. The summed E-state index contributed by atoms with van der Waals surface area (Å²) in [6.07, 6.45) is 2.51. The number of carbonyl (C=O) groups is 2. The summed E-state index contributed by atoms with van der Waals surface area (Å²) in [5.74, 6) is -0.129. The van der Waals surface area contributed by atoms with Crippen LogP contribution in [0.3, 0.4) is 0 Å². The fourth-order valence-corrected chi connectivity index (χ4v) is 6.56. The normalized spacial score (nSPS) is 21.7. The highest BCUT2D eigenvalue weighted by Gasteiger charge is 2.41. The van der Waals surface area contributed by atoms with Gasteiger partial charge in [-0.15, -0.1) is 0 Å². The van der Waals surface area contributed by atoms with Crippen LogP contribution >= 0.6 is 0 Å². The van der Waals surface area contributed by atoms with Crippen molar-refractivity contribution in [1.82, 2.24) is 20.1 Å². The molecular formula is C33H38FN5O2. The van der Waals surface area contributed by atoms with Gasteiger partial charge < -0.3 is 15.1 Å². The van der Waals surface area contributed by atoms with Gasteiger partial charge in [-0.05, 0) is 66.8 Å². The van der Waals surface area contributed by atoms with Gasteiger partial charge in [0.2, 0.25) is 5.91 Å². The number of hydrogen-bond acceptors (Lipinski definition) is 5. The minimum absolute atomic E-state index is 0.0365. The van der Waals surface area contributed by atoms with Crippen molar-refractivity contribution in [1.29, 1.82) is 0 Å². The molecule has 2 aromatic carbocycles. The summed E-state index contributed by atoms with van der Waals surface area (Å²) in [6, 6.07) is 15.0. The predicted molar refractivity (Wildman–Crippen MR) is 158 cm³/mol. The number of pyridine rings is 1. The van der Waals surface area contributed by atoms with E-state index in [1.807, 2.05) is 53.3 Å². The van der Waals surface area contributed by atoms with Gasteiger partial charge in [-0.1, -0.05) is 38.1 Å². The number of aryl methyl sites for hydroxylation is 1. The van der Waals surface area contributed by atoms with E-state index >= 15 is 0 Å². The Morgan fingerprint density at radius 3 is 2.76 bits per heavy atom. The van der Waals surface area contributed by atoms with Crippen molar-refractivity contribution in [2.24, 2.45) is 0 Å². The van der Waals surface area contributed by atoms with Crippen LogP contribution < -0.4 is 10.2 Å². The molecule has 0 unspecified atom stereocenters. The number of nitrogens with zero attached hydrogens (tertiary/aromatic N) is 4. The summed E-state index contributed by atoms with van der Waals surface area (Å²) in [7, 11) is 0. The fourth-order valence-electron chi connectivity index (χ4n) is 6.56. The van der Waals surface area contributed by atoms with Crippen molar-refractivity contribution in [3.05, 3.63) is 94.1 Å². The molecule has 6 rings (SSSR count). The molecule has 214 valence electrons. The summed E-state index contributed by atoms with van der Waals surface area (Å²) in [5, 5.41) is 3.54. The molecule has 0 radical (unpaired) electrons. The highest BCUT2D eigenvalue weighted by atomic mass is 19.1. The van der Waals surface area contributed by atoms with Gasteiger partial charge in [0, 0.05) is 62.0 Å². The van der Waals surface area contributed by atoms with E-state index in [2.05, 4.69) is 37.1 Å². The third-order valence-electron chi connectivity index (χ3n) is 8.80. The molecule has 4 heterocycles. The first-order chi connectivity index (χ1) is 19.6. The molecular weight excluding hydrogens is 517 g/mol. The van der Waals surface area contributed by atoms with Crippen LogP contribution in [0.1, 0.15) is 59.1 Å². The van der Waals surface area contributed by atoms with E-state index in [4.69, 9.17) is 4.98 Å². The fraction of sp³-hybridized carbons (Fsp3) is 0.424. The number of halogens is 1. The third kappa shape index (κ3) is 5.38. The lowest BCUT2D eigenvalue weighted by molar-refractivity contribution is -0.120. The standard InChI is InChI=1S/C33H38FN5O2/c1-21-11-26(34)10-9-24(21)12-23-13-29-31(36-14-23)33(3,4)20-39(29)30(40)19-37-16-22(2)35-15-27(37)18-38-17-25-7-5-6-8-28(25)32(38)41/h5-11,13-14,22,27,35H,12,15-20H2,1-4H3/t22-,27-/m1/s1. The van der Waals surface area contributed by atoms with Crippen molar-refractivity contribution < 1.29 is 14.0 Å². The highest BCUT2D eigenvalue weighted by molar-refractivity contribution is 5.98. The second-order valence-electron chi connectivity index (χ2n) is 12.6. The molecule has 3 aliphatic heterocycles. The van der Waals surface area contributed by atoms with Crippen molar-refractivity contribution >= 4 is 17.5 Å². The van der Waals surface area contributed by atoms with E-state index in [1.165, 1.54) is 6.07 Å². The topological polar surface area (TPSA) is 68.8 Å². The summed E-state index contributed by atoms with van der Waals surface area (Å²) in [6.45, 7) is 11.8. The third-order valence-corrected chi connectivity index (χ3v) is 8.80. The number of anilines is 1. The second kappa shape index (κ2) is 10.7. The van der Waals surface area contributed by atoms with Crippen LogP contribution in [0, 0.1) is 12.7 Å². The van der Waals surface area contributed by atoms with Crippen LogP contribution in [0.2, 0.25) is 0 Å². The Hall–Kier alpha value is -3.62. The van der Waals surface area contributed by atoms with Gasteiger partial charge in [-0.3, -0.25) is 19.5 Å². The molecule has 3 aliphatic rings. The van der Waals surface area contributed by atoms with Crippen LogP contribution in [0.5, 0.6) is 0 Å². The molecule has 2 atom stereocenters. The first kappa shape index (κ1) is 27.5. The first-order valence-electron chi connectivity index (χ1n) is 14.5. The first-order valence-corrected chi connectivity index (χ1v) is 14.5. The Labute approximate surface area is 241 Å². The lowest BCUT2D eigenvalue weighted by Gasteiger charge is -2.41. The minimum Gasteiger partial charge on any atom is -0.333 e. The minimum atomic E-state index is -0.265. The van der Waals surface area contributed by atoms with Gasteiger partial charge in [-0.2, -0.15) is 0 Å². The van der Waals surface area contributed by atoms with Gasteiger partial charge in [-0.25, -0.2) is 4.39 Å². The maximum absolute atomic E-state index is 14.0. The molecule has 8 heteroatoms. The maximum Gasteiger partial charge on any atom is 0.254 e. The molecule has 1 aromatic heterocycles. The lowest BCUT2D eigenvalue weighted by Crippen LogP contribution is -2.60. The average Bonchev–Trinajstić information content (AvgIpc) is 3.39. The van der Waals surface area contributed by atoms with Crippen LogP contribution in [0.15, 0.2) is 54.7 Å². The van der Waals surface area contributed by atoms with Crippen LogP contribution in [-0.4, -0.2) is 71.4 Å².